The first-order valence-corrected chi connectivity index (χ1v) is 8.09. The molecule has 0 saturated heterocycles. The lowest BCUT2D eigenvalue weighted by atomic mass is 10.4. The molecule has 1 aliphatic rings. The molecular weight excluding hydrogens is 256 g/mol. The van der Waals surface area contributed by atoms with Gasteiger partial charge in [0.1, 0.15) is 4.21 Å². The highest BCUT2D eigenvalue weighted by Crippen LogP contribution is 2.34. The van der Waals surface area contributed by atoms with Crippen molar-refractivity contribution in [3.8, 4) is 0 Å². The predicted molar refractivity (Wildman–Crippen MR) is 69.6 cm³/mol. The van der Waals surface area contributed by atoms with Gasteiger partial charge in [-0.1, -0.05) is 0 Å². The zero-order valence-electron chi connectivity index (χ0n) is 9.93. The molecule has 1 aliphatic carbocycles. The highest BCUT2D eigenvalue weighted by molar-refractivity contribution is 7.91. The number of hydrogen-bond donors (Lipinski definition) is 1. The van der Waals surface area contributed by atoms with E-state index in [2.05, 4.69) is 0 Å². The largest absolute Gasteiger partial charge is 0.330 e. The summed E-state index contributed by atoms with van der Waals surface area (Å²) < 4.78 is 26.9. The number of rotatable bonds is 6. The summed E-state index contributed by atoms with van der Waals surface area (Å²) in [6, 6.07) is 3.76. The van der Waals surface area contributed by atoms with Crippen LogP contribution in [0, 0.1) is 6.92 Å². The first kappa shape index (κ1) is 13.0. The molecule has 1 fully saturated rings. The highest BCUT2D eigenvalue weighted by atomic mass is 32.2. The minimum Gasteiger partial charge on any atom is -0.330 e. The van der Waals surface area contributed by atoms with Crippen molar-refractivity contribution in [1.29, 1.82) is 0 Å². The molecule has 2 N–H and O–H groups in total. The topological polar surface area (TPSA) is 63.4 Å². The van der Waals surface area contributed by atoms with Crippen LogP contribution in [0.3, 0.4) is 0 Å². The van der Waals surface area contributed by atoms with Gasteiger partial charge >= 0.3 is 0 Å². The van der Waals surface area contributed by atoms with E-state index in [1.807, 2.05) is 13.0 Å². The SMILES string of the molecule is Cc1ccc(S(=O)(=O)N(CCCN)C2CC2)s1. The van der Waals surface area contributed by atoms with E-state index < -0.39 is 10.0 Å². The van der Waals surface area contributed by atoms with Gasteiger partial charge in [-0.05, 0) is 44.9 Å². The third kappa shape index (κ3) is 2.88. The van der Waals surface area contributed by atoms with Crippen LogP contribution in [0.15, 0.2) is 16.3 Å². The number of thiophene rings is 1. The van der Waals surface area contributed by atoms with Crippen LogP contribution in [0.2, 0.25) is 0 Å². The molecule has 1 aromatic heterocycles. The fraction of sp³-hybridized carbons (Fsp3) is 0.636. The molecule has 1 aromatic rings. The van der Waals surface area contributed by atoms with Gasteiger partial charge in [0.05, 0.1) is 0 Å². The molecule has 0 radical (unpaired) electrons. The molecule has 1 saturated carbocycles. The third-order valence-electron chi connectivity index (χ3n) is 2.82. The summed E-state index contributed by atoms with van der Waals surface area (Å²) >= 11 is 1.34. The van der Waals surface area contributed by atoms with E-state index in [4.69, 9.17) is 5.73 Å². The summed E-state index contributed by atoms with van der Waals surface area (Å²) in [6.45, 7) is 2.99. The monoisotopic (exact) mass is 274 g/mol. The standard InChI is InChI=1S/C11H18N2O2S2/c1-9-3-6-11(16-9)17(14,15)13(8-2-7-12)10-4-5-10/h3,6,10H,2,4-5,7-8,12H2,1H3. The second-order valence-corrected chi connectivity index (χ2v) is 7.76. The Morgan fingerprint density at radius 1 is 1.47 bits per heavy atom. The summed E-state index contributed by atoms with van der Waals surface area (Å²) in [4.78, 5) is 1.03. The van der Waals surface area contributed by atoms with Gasteiger partial charge in [0.25, 0.3) is 10.0 Å². The lowest BCUT2D eigenvalue weighted by molar-refractivity contribution is 0.400. The van der Waals surface area contributed by atoms with E-state index in [1.54, 1.807) is 10.4 Å². The fourth-order valence-corrected chi connectivity index (χ4v) is 4.91. The van der Waals surface area contributed by atoms with Crippen LogP contribution < -0.4 is 5.73 Å². The normalized spacial score (nSPS) is 16.6. The van der Waals surface area contributed by atoms with Crippen molar-refractivity contribution in [3.63, 3.8) is 0 Å². The van der Waals surface area contributed by atoms with Crippen molar-refractivity contribution in [2.45, 2.75) is 36.4 Å². The van der Waals surface area contributed by atoms with Gasteiger partial charge < -0.3 is 5.73 Å². The van der Waals surface area contributed by atoms with Crippen LogP contribution in [0.5, 0.6) is 0 Å². The van der Waals surface area contributed by atoms with Crippen molar-refractivity contribution < 1.29 is 8.42 Å². The average molecular weight is 274 g/mol. The Morgan fingerprint density at radius 2 is 2.18 bits per heavy atom. The van der Waals surface area contributed by atoms with Crippen molar-refractivity contribution >= 4 is 21.4 Å². The molecule has 4 nitrogen and oxygen atoms in total. The van der Waals surface area contributed by atoms with Gasteiger partial charge in [-0.25, -0.2) is 8.42 Å². The fourth-order valence-electron chi connectivity index (χ4n) is 1.77. The number of nitrogens with two attached hydrogens (primary N) is 1. The molecule has 2 rings (SSSR count). The Morgan fingerprint density at radius 3 is 2.65 bits per heavy atom. The van der Waals surface area contributed by atoms with Crippen LogP contribution in [0.4, 0.5) is 0 Å². The molecule has 0 aromatic carbocycles. The van der Waals surface area contributed by atoms with Gasteiger partial charge in [0, 0.05) is 17.5 Å². The van der Waals surface area contributed by atoms with E-state index >= 15 is 0 Å². The Balaban J connectivity index is 2.21. The molecular formula is C11H18N2O2S2. The minimum atomic E-state index is -3.29. The van der Waals surface area contributed by atoms with Crippen molar-refractivity contribution in [2.24, 2.45) is 5.73 Å². The summed E-state index contributed by atoms with van der Waals surface area (Å²) in [6.07, 6.45) is 2.68. The summed E-state index contributed by atoms with van der Waals surface area (Å²) in [5.74, 6) is 0. The maximum atomic E-state index is 12.4. The van der Waals surface area contributed by atoms with Crippen LogP contribution in [0.1, 0.15) is 24.1 Å². The van der Waals surface area contributed by atoms with Crippen molar-refractivity contribution in [1.82, 2.24) is 4.31 Å². The Labute approximate surface area is 106 Å². The zero-order valence-corrected chi connectivity index (χ0v) is 11.6. The molecule has 96 valence electrons. The average Bonchev–Trinajstić information content (AvgIpc) is 3.00. The van der Waals surface area contributed by atoms with E-state index in [1.165, 1.54) is 11.3 Å². The van der Waals surface area contributed by atoms with E-state index in [-0.39, 0.29) is 6.04 Å². The molecule has 0 amide bonds. The molecule has 0 atom stereocenters. The smallest absolute Gasteiger partial charge is 0.252 e. The minimum absolute atomic E-state index is 0.203. The van der Waals surface area contributed by atoms with Gasteiger partial charge in [-0.2, -0.15) is 4.31 Å². The summed E-state index contributed by atoms with van der Waals surface area (Å²) in [7, 11) is -3.29. The molecule has 6 heteroatoms. The quantitative estimate of drug-likeness (QED) is 0.856. The van der Waals surface area contributed by atoms with E-state index in [9.17, 15) is 8.42 Å². The summed E-state index contributed by atoms with van der Waals surface area (Å²) in [5, 5.41) is 0. The molecule has 0 aliphatic heterocycles. The molecule has 0 unspecified atom stereocenters. The van der Waals surface area contributed by atoms with Gasteiger partial charge in [0.2, 0.25) is 0 Å². The second kappa shape index (κ2) is 5.06. The number of hydrogen-bond acceptors (Lipinski definition) is 4. The Hall–Kier alpha value is -0.430. The molecule has 1 heterocycles. The zero-order chi connectivity index (χ0) is 12.5. The third-order valence-corrected chi connectivity index (χ3v) is 6.24. The van der Waals surface area contributed by atoms with Gasteiger partial charge in [0.15, 0.2) is 0 Å². The van der Waals surface area contributed by atoms with Crippen LogP contribution >= 0.6 is 11.3 Å². The summed E-state index contributed by atoms with van der Waals surface area (Å²) in [5.41, 5.74) is 5.46. The molecule has 0 bridgehead atoms. The van der Waals surface area contributed by atoms with Crippen molar-refractivity contribution in [3.05, 3.63) is 17.0 Å². The Bertz CT molecular complexity index is 477. The van der Waals surface area contributed by atoms with Crippen LogP contribution in [-0.2, 0) is 10.0 Å². The van der Waals surface area contributed by atoms with E-state index in [0.717, 1.165) is 24.1 Å². The van der Waals surface area contributed by atoms with Crippen molar-refractivity contribution in [2.75, 3.05) is 13.1 Å². The Kier molecular flexibility index (Phi) is 3.87. The number of nitrogens with zero attached hydrogens (tertiary/aromatic N) is 1. The first-order chi connectivity index (χ1) is 8.05. The maximum absolute atomic E-state index is 12.4. The number of sulfonamides is 1. The van der Waals surface area contributed by atoms with Crippen LogP contribution in [-0.4, -0.2) is 31.9 Å². The predicted octanol–water partition coefficient (Wildman–Crippen LogP) is 1.56. The van der Waals surface area contributed by atoms with E-state index in [0.29, 0.717) is 17.3 Å². The second-order valence-electron chi connectivity index (χ2n) is 4.35. The lowest BCUT2D eigenvalue weighted by Gasteiger charge is -2.20. The number of aryl methyl sites for hydroxylation is 1. The molecule has 0 spiro atoms. The van der Waals surface area contributed by atoms with Gasteiger partial charge in [-0.15, -0.1) is 11.3 Å². The maximum Gasteiger partial charge on any atom is 0.252 e. The molecule has 17 heavy (non-hydrogen) atoms. The van der Waals surface area contributed by atoms with Gasteiger partial charge in [-0.3, -0.25) is 0 Å². The van der Waals surface area contributed by atoms with Crippen LogP contribution in [0.25, 0.3) is 0 Å². The lowest BCUT2D eigenvalue weighted by Crippen LogP contribution is -2.34. The highest BCUT2D eigenvalue weighted by Gasteiger charge is 2.38. The first-order valence-electron chi connectivity index (χ1n) is 5.84.